The minimum atomic E-state index is 1.06. The van der Waals surface area contributed by atoms with Crippen molar-refractivity contribution in [1.82, 2.24) is 0 Å². The van der Waals surface area contributed by atoms with Gasteiger partial charge in [0.1, 0.15) is 0 Å². The third kappa shape index (κ3) is 6.58. The molecule has 25 heavy (non-hydrogen) atoms. The van der Waals surface area contributed by atoms with E-state index < -0.39 is 0 Å². The van der Waals surface area contributed by atoms with Gasteiger partial charge in [-0.25, -0.2) is 0 Å². The number of hydrogen-bond donors (Lipinski definition) is 0. The Kier molecular flexibility index (Phi) is 8.70. The van der Waals surface area contributed by atoms with Gasteiger partial charge >= 0.3 is 0 Å². The highest BCUT2D eigenvalue weighted by Gasteiger charge is 2.02. The number of rotatable bonds is 2. The van der Waals surface area contributed by atoms with Crippen LogP contribution in [0.2, 0.25) is 0 Å². The quantitative estimate of drug-likeness (QED) is 0.528. The first-order valence-corrected chi connectivity index (χ1v) is 9.13. The smallest absolute Gasteiger partial charge is 0.00884 e. The molecule has 0 heteroatoms. The molecule has 0 saturated carbocycles. The molecule has 0 unspecified atom stereocenters. The highest BCUT2D eigenvalue weighted by atomic mass is 14.1. The Labute approximate surface area is 154 Å². The molecular formula is C25H32. The summed E-state index contributed by atoms with van der Waals surface area (Å²) in [7, 11) is 0. The van der Waals surface area contributed by atoms with Crippen LogP contribution in [0, 0.1) is 20.8 Å². The summed E-state index contributed by atoms with van der Waals surface area (Å²) in [5.74, 6) is 0. The maximum atomic E-state index is 3.93. The molecule has 0 spiro atoms. The molecule has 132 valence electrons. The van der Waals surface area contributed by atoms with E-state index in [9.17, 15) is 0 Å². The Morgan fingerprint density at radius 1 is 0.880 bits per heavy atom. The van der Waals surface area contributed by atoms with Crippen LogP contribution in [0.25, 0.3) is 11.1 Å². The van der Waals surface area contributed by atoms with Gasteiger partial charge < -0.3 is 0 Å². The molecule has 1 aliphatic rings. The van der Waals surface area contributed by atoms with Crippen LogP contribution in [0.1, 0.15) is 55.0 Å². The van der Waals surface area contributed by atoms with Crippen molar-refractivity contribution in [1.29, 1.82) is 0 Å². The van der Waals surface area contributed by atoms with Gasteiger partial charge in [-0.05, 0) is 61.9 Å². The summed E-state index contributed by atoms with van der Waals surface area (Å²) < 4.78 is 0. The summed E-state index contributed by atoms with van der Waals surface area (Å²) in [4.78, 5) is 0. The third-order valence-electron chi connectivity index (χ3n) is 4.18. The van der Waals surface area contributed by atoms with Crippen LogP contribution in [-0.4, -0.2) is 0 Å². The van der Waals surface area contributed by atoms with Crippen molar-refractivity contribution >= 4 is 11.1 Å². The Balaban J connectivity index is 0.000000246. The molecule has 1 aliphatic carbocycles. The van der Waals surface area contributed by atoms with E-state index in [1.807, 2.05) is 20.8 Å². The topological polar surface area (TPSA) is 0 Å². The van der Waals surface area contributed by atoms with Crippen molar-refractivity contribution in [3.8, 4) is 0 Å². The zero-order valence-electron chi connectivity index (χ0n) is 16.7. The Morgan fingerprint density at radius 2 is 1.52 bits per heavy atom. The molecule has 0 bridgehead atoms. The highest BCUT2D eigenvalue weighted by molar-refractivity contribution is 5.72. The van der Waals surface area contributed by atoms with Crippen LogP contribution in [0.5, 0.6) is 0 Å². The molecule has 0 saturated heterocycles. The molecule has 0 aliphatic heterocycles. The minimum absolute atomic E-state index is 1.06. The van der Waals surface area contributed by atoms with E-state index in [4.69, 9.17) is 0 Å². The average molecular weight is 333 g/mol. The fraction of sp³-hybridized carbons (Fsp3) is 0.280. The van der Waals surface area contributed by atoms with Gasteiger partial charge in [-0.15, -0.1) is 0 Å². The molecule has 0 heterocycles. The maximum Gasteiger partial charge on any atom is -0.00884 e. The largest absolute Gasteiger partial charge is 0.0955 e. The number of hydrogen-bond acceptors (Lipinski definition) is 0. The van der Waals surface area contributed by atoms with Crippen molar-refractivity contribution in [2.24, 2.45) is 0 Å². The summed E-state index contributed by atoms with van der Waals surface area (Å²) in [6.07, 6.45) is 7.53. The van der Waals surface area contributed by atoms with Crippen molar-refractivity contribution in [2.45, 2.75) is 48.0 Å². The SMILES string of the molecule is C=C(C)c1ccc(C2=CC=CC2)cc1.CC.Cc1ccc(C)c(C)c1. The first-order valence-electron chi connectivity index (χ1n) is 9.13. The Morgan fingerprint density at radius 3 is 1.96 bits per heavy atom. The van der Waals surface area contributed by atoms with E-state index in [1.165, 1.54) is 33.4 Å². The molecule has 0 radical (unpaired) electrons. The van der Waals surface area contributed by atoms with Crippen molar-refractivity contribution < 1.29 is 0 Å². The van der Waals surface area contributed by atoms with Crippen LogP contribution in [-0.2, 0) is 0 Å². The lowest BCUT2D eigenvalue weighted by atomic mass is 10.0. The normalized spacial score (nSPS) is 11.7. The van der Waals surface area contributed by atoms with Gasteiger partial charge in [-0.1, -0.05) is 92.3 Å². The fourth-order valence-corrected chi connectivity index (χ4v) is 2.52. The molecule has 0 atom stereocenters. The van der Waals surface area contributed by atoms with Gasteiger partial charge in [-0.2, -0.15) is 0 Å². The first-order chi connectivity index (χ1) is 12.0. The third-order valence-corrected chi connectivity index (χ3v) is 4.18. The predicted octanol–water partition coefficient (Wildman–Crippen LogP) is 7.70. The maximum absolute atomic E-state index is 3.93. The molecule has 0 amide bonds. The van der Waals surface area contributed by atoms with E-state index in [0.29, 0.717) is 0 Å². The van der Waals surface area contributed by atoms with Crippen LogP contribution < -0.4 is 0 Å². The Bertz CT molecular complexity index is 740. The molecule has 0 fully saturated rings. The number of allylic oxidation sites excluding steroid dienone is 5. The van der Waals surface area contributed by atoms with Gasteiger partial charge in [0.2, 0.25) is 0 Å². The monoisotopic (exact) mass is 332 g/mol. The summed E-state index contributed by atoms with van der Waals surface area (Å²) in [6, 6.07) is 15.1. The molecule has 0 nitrogen and oxygen atoms in total. The molecular weight excluding hydrogens is 300 g/mol. The summed E-state index contributed by atoms with van der Waals surface area (Å²) in [6.45, 7) is 16.4. The predicted molar refractivity (Wildman–Crippen MR) is 115 cm³/mol. The summed E-state index contributed by atoms with van der Waals surface area (Å²) in [5, 5.41) is 0. The second-order valence-corrected chi connectivity index (χ2v) is 6.27. The minimum Gasteiger partial charge on any atom is -0.0955 e. The lowest BCUT2D eigenvalue weighted by molar-refractivity contribution is 1.30. The van der Waals surface area contributed by atoms with Crippen molar-refractivity contribution in [3.05, 3.63) is 95.1 Å². The van der Waals surface area contributed by atoms with Crippen LogP contribution in [0.4, 0.5) is 0 Å². The molecule has 2 aromatic carbocycles. The van der Waals surface area contributed by atoms with Crippen LogP contribution >= 0.6 is 0 Å². The van der Waals surface area contributed by atoms with E-state index in [-0.39, 0.29) is 0 Å². The molecule has 3 rings (SSSR count). The van der Waals surface area contributed by atoms with Gasteiger partial charge in [0.25, 0.3) is 0 Å². The first kappa shape index (κ1) is 20.7. The van der Waals surface area contributed by atoms with Crippen molar-refractivity contribution in [2.75, 3.05) is 0 Å². The second-order valence-electron chi connectivity index (χ2n) is 6.27. The molecule has 2 aromatic rings. The van der Waals surface area contributed by atoms with E-state index in [1.54, 1.807) is 0 Å². The highest BCUT2D eigenvalue weighted by Crippen LogP contribution is 2.24. The van der Waals surface area contributed by atoms with Crippen LogP contribution in [0.3, 0.4) is 0 Å². The van der Waals surface area contributed by atoms with Gasteiger partial charge in [0.15, 0.2) is 0 Å². The second kappa shape index (κ2) is 10.5. The zero-order chi connectivity index (χ0) is 18.8. The number of benzene rings is 2. The van der Waals surface area contributed by atoms with E-state index >= 15 is 0 Å². The lowest BCUT2D eigenvalue weighted by Gasteiger charge is -2.04. The van der Waals surface area contributed by atoms with Gasteiger partial charge in [0, 0.05) is 0 Å². The van der Waals surface area contributed by atoms with Gasteiger partial charge in [-0.3, -0.25) is 0 Å². The van der Waals surface area contributed by atoms with Crippen molar-refractivity contribution in [3.63, 3.8) is 0 Å². The number of aryl methyl sites for hydroxylation is 3. The summed E-state index contributed by atoms with van der Waals surface area (Å²) >= 11 is 0. The zero-order valence-corrected chi connectivity index (χ0v) is 16.7. The Hall–Kier alpha value is -2.34. The van der Waals surface area contributed by atoms with E-state index in [0.717, 1.165) is 12.0 Å². The fourth-order valence-electron chi connectivity index (χ4n) is 2.52. The van der Waals surface area contributed by atoms with Gasteiger partial charge in [0.05, 0.1) is 0 Å². The standard InChI is InChI=1S/C14H14.C9H12.C2H6/c1-11(2)12-7-9-14(10-8-12)13-5-3-4-6-13;1-7-4-5-8(2)9(3)6-7;1-2/h3-5,7-10H,1,6H2,2H3;4-6H,1-3H3;1-2H3. The van der Waals surface area contributed by atoms with Crippen LogP contribution in [0.15, 0.2) is 67.3 Å². The summed E-state index contributed by atoms with van der Waals surface area (Å²) in [5.41, 5.74) is 9.17. The average Bonchev–Trinajstić information content (AvgIpc) is 3.15. The molecule has 0 aromatic heterocycles. The lowest BCUT2D eigenvalue weighted by Crippen LogP contribution is -1.82. The van der Waals surface area contributed by atoms with E-state index in [2.05, 4.69) is 88.0 Å². The molecule has 0 N–H and O–H groups in total.